The molecule has 1 heterocycles. The molecule has 1 aromatic heterocycles. The predicted molar refractivity (Wildman–Crippen MR) is 75.9 cm³/mol. The Hall–Kier alpha value is -1.49. The van der Waals surface area contributed by atoms with Gasteiger partial charge in [-0.3, -0.25) is 9.88 Å². The number of aliphatic hydroxyl groups is 2. The molecule has 4 nitrogen and oxygen atoms in total. The summed E-state index contributed by atoms with van der Waals surface area (Å²) in [6.45, 7) is 4.03. The quantitative estimate of drug-likeness (QED) is 0.822. The first-order valence-electron chi connectivity index (χ1n) is 6.54. The monoisotopic (exact) mass is 260 g/mol. The summed E-state index contributed by atoms with van der Waals surface area (Å²) in [5, 5.41) is 19.3. The second kappa shape index (κ2) is 6.61. The summed E-state index contributed by atoms with van der Waals surface area (Å²) in [6, 6.07) is 10.1. The summed E-state index contributed by atoms with van der Waals surface area (Å²) in [5.41, 5.74) is 3.16. The van der Waals surface area contributed by atoms with Gasteiger partial charge in [-0.2, -0.15) is 0 Å². The number of para-hydroxylation sites is 1. The van der Waals surface area contributed by atoms with Crippen molar-refractivity contribution >= 4 is 10.9 Å². The average molecular weight is 260 g/mol. The van der Waals surface area contributed by atoms with Crippen LogP contribution < -0.4 is 0 Å². The van der Waals surface area contributed by atoms with Crippen LogP contribution in [-0.2, 0) is 6.54 Å². The minimum absolute atomic E-state index is 0.0992. The largest absolute Gasteiger partial charge is 0.395 e. The van der Waals surface area contributed by atoms with E-state index in [-0.39, 0.29) is 13.2 Å². The lowest BCUT2D eigenvalue weighted by molar-refractivity contribution is 0.156. The molecule has 0 bridgehead atoms. The molecule has 102 valence electrons. The zero-order chi connectivity index (χ0) is 13.7. The molecule has 0 radical (unpaired) electrons. The summed E-state index contributed by atoms with van der Waals surface area (Å²) in [4.78, 5) is 6.56. The van der Waals surface area contributed by atoms with E-state index >= 15 is 0 Å². The van der Waals surface area contributed by atoms with Gasteiger partial charge in [0.1, 0.15) is 0 Å². The van der Waals surface area contributed by atoms with Crippen LogP contribution in [0, 0.1) is 6.92 Å². The van der Waals surface area contributed by atoms with Gasteiger partial charge in [0.05, 0.1) is 18.7 Å². The van der Waals surface area contributed by atoms with Crippen LogP contribution in [0.25, 0.3) is 10.9 Å². The van der Waals surface area contributed by atoms with E-state index in [1.54, 1.807) is 0 Å². The zero-order valence-electron chi connectivity index (χ0n) is 11.2. The topological polar surface area (TPSA) is 56.6 Å². The molecule has 2 rings (SSSR count). The van der Waals surface area contributed by atoms with Crippen molar-refractivity contribution in [2.75, 3.05) is 26.3 Å². The molecular weight excluding hydrogens is 240 g/mol. The van der Waals surface area contributed by atoms with E-state index in [0.29, 0.717) is 19.6 Å². The van der Waals surface area contributed by atoms with E-state index in [4.69, 9.17) is 10.2 Å². The Balaban J connectivity index is 2.32. The number of rotatable bonds is 6. The molecule has 0 aliphatic carbocycles. The Bertz CT molecular complexity index is 537. The van der Waals surface area contributed by atoms with Gasteiger partial charge in [0, 0.05) is 30.7 Å². The van der Waals surface area contributed by atoms with Gasteiger partial charge in [-0.25, -0.2) is 0 Å². The number of fused-ring (bicyclic) bond motifs is 1. The van der Waals surface area contributed by atoms with Crippen molar-refractivity contribution in [2.45, 2.75) is 13.5 Å². The highest BCUT2D eigenvalue weighted by Gasteiger charge is 2.09. The molecule has 0 aliphatic rings. The minimum Gasteiger partial charge on any atom is -0.395 e. The van der Waals surface area contributed by atoms with Gasteiger partial charge in [-0.1, -0.05) is 18.2 Å². The van der Waals surface area contributed by atoms with E-state index in [2.05, 4.69) is 17.1 Å². The van der Waals surface area contributed by atoms with Crippen LogP contribution in [0.15, 0.2) is 30.3 Å². The first kappa shape index (κ1) is 13.9. The number of aromatic nitrogens is 1. The number of aryl methyl sites for hydroxylation is 1. The van der Waals surface area contributed by atoms with E-state index in [1.165, 1.54) is 5.56 Å². The van der Waals surface area contributed by atoms with Crippen molar-refractivity contribution in [3.8, 4) is 0 Å². The van der Waals surface area contributed by atoms with E-state index in [1.807, 2.05) is 30.0 Å². The van der Waals surface area contributed by atoms with Gasteiger partial charge < -0.3 is 10.2 Å². The first-order valence-corrected chi connectivity index (χ1v) is 6.54. The standard InChI is InChI=1S/C15H20N2O2/c1-12-10-13(11-17(6-8-18)7-9-19)14-4-2-3-5-15(14)16-12/h2-5,10,18-19H,6-9,11H2,1H3. The lowest BCUT2D eigenvalue weighted by atomic mass is 10.1. The summed E-state index contributed by atoms with van der Waals surface area (Å²) in [6.07, 6.45) is 0. The van der Waals surface area contributed by atoms with Crippen LogP contribution in [0.5, 0.6) is 0 Å². The molecular formula is C15H20N2O2. The van der Waals surface area contributed by atoms with Crippen LogP contribution in [0.2, 0.25) is 0 Å². The lowest BCUT2D eigenvalue weighted by Gasteiger charge is -2.21. The number of pyridine rings is 1. The maximum atomic E-state index is 9.07. The SMILES string of the molecule is Cc1cc(CN(CCO)CCO)c2ccccc2n1. The normalized spacial score (nSPS) is 11.4. The average Bonchev–Trinajstić information content (AvgIpc) is 2.39. The molecule has 19 heavy (non-hydrogen) atoms. The van der Waals surface area contributed by atoms with Crippen molar-refractivity contribution in [3.05, 3.63) is 41.6 Å². The van der Waals surface area contributed by atoms with Crippen LogP contribution >= 0.6 is 0 Å². The minimum atomic E-state index is 0.0992. The van der Waals surface area contributed by atoms with Gasteiger partial charge in [-0.05, 0) is 24.6 Å². The number of aliphatic hydroxyl groups excluding tert-OH is 2. The molecule has 2 N–H and O–H groups in total. The maximum absolute atomic E-state index is 9.07. The summed E-state index contributed by atoms with van der Waals surface area (Å²) >= 11 is 0. The Morgan fingerprint density at radius 3 is 2.47 bits per heavy atom. The third-order valence-electron chi connectivity index (χ3n) is 3.16. The van der Waals surface area contributed by atoms with Crippen molar-refractivity contribution in [2.24, 2.45) is 0 Å². The van der Waals surface area contributed by atoms with Crippen LogP contribution in [0.3, 0.4) is 0 Å². The number of nitrogens with zero attached hydrogens (tertiary/aromatic N) is 2. The number of benzene rings is 1. The van der Waals surface area contributed by atoms with E-state index in [0.717, 1.165) is 16.6 Å². The highest BCUT2D eigenvalue weighted by molar-refractivity contribution is 5.82. The molecule has 0 saturated carbocycles. The molecule has 0 amide bonds. The summed E-state index contributed by atoms with van der Waals surface area (Å²) < 4.78 is 0. The Kier molecular flexibility index (Phi) is 4.85. The molecule has 1 aromatic carbocycles. The second-order valence-corrected chi connectivity index (χ2v) is 4.66. The fourth-order valence-electron chi connectivity index (χ4n) is 2.32. The third kappa shape index (κ3) is 3.50. The molecule has 0 spiro atoms. The Morgan fingerprint density at radius 1 is 1.11 bits per heavy atom. The van der Waals surface area contributed by atoms with E-state index < -0.39 is 0 Å². The fourth-order valence-corrected chi connectivity index (χ4v) is 2.32. The van der Waals surface area contributed by atoms with Gasteiger partial charge in [0.25, 0.3) is 0 Å². The van der Waals surface area contributed by atoms with Crippen LogP contribution in [0.1, 0.15) is 11.3 Å². The lowest BCUT2D eigenvalue weighted by Crippen LogP contribution is -2.29. The first-order chi connectivity index (χ1) is 9.24. The zero-order valence-corrected chi connectivity index (χ0v) is 11.2. The molecule has 0 fully saturated rings. The summed E-state index contributed by atoms with van der Waals surface area (Å²) in [5.74, 6) is 0. The van der Waals surface area contributed by atoms with Crippen molar-refractivity contribution < 1.29 is 10.2 Å². The third-order valence-corrected chi connectivity index (χ3v) is 3.16. The van der Waals surface area contributed by atoms with Crippen molar-refractivity contribution in [1.82, 2.24) is 9.88 Å². The van der Waals surface area contributed by atoms with Crippen molar-refractivity contribution in [1.29, 1.82) is 0 Å². The van der Waals surface area contributed by atoms with E-state index in [9.17, 15) is 0 Å². The Labute approximate surface area is 113 Å². The van der Waals surface area contributed by atoms with Gasteiger partial charge >= 0.3 is 0 Å². The fraction of sp³-hybridized carbons (Fsp3) is 0.400. The molecule has 0 saturated heterocycles. The van der Waals surface area contributed by atoms with Crippen molar-refractivity contribution in [3.63, 3.8) is 0 Å². The van der Waals surface area contributed by atoms with Gasteiger partial charge in [-0.15, -0.1) is 0 Å². The maximum Gasteiger partial charge on any atom is 0.0708 e. The highest BCUT2D eigenvalue weighted by atomic mass is 16.3. The summed E-state index contributed by atoms with van der Waals surface area (Å²) in [7, 11) is 0. The highest BCUT2D eigenvalue weighted by Crippen LogP contribution is 2.19. The molecule has 2 aromatic rings. The number of hydrogen-bond donors (Lipinski definition) is 2. The van der Waals surface area contributed by atoms with Gasteiger partial charge in [0.2, 0.25) is 0 Å². The van der Waals surface area contributed by atoms with Gasteiger partial charge in [0.15, 0.2) is 0 Å². The molecule has 0 aliphatic heterocycles. The van der Waals surface area contributed by atoms with Crippen LogP contribution in [0.4, 0.5) is 0 Å². The number of hydrogen-bond acceptors (Lipinski definition) is 4. The second-order valence-electron chi connectivity index (χ2n) is 4.66. The smallest absolute Gasteiger partial charge is 0.0708 e. The van der Waals surface area contributed by atoms with Crippen LogP contribution in [-0.4, -0.2) is 46.4 Å². The molecule has 0 atom stereocenters. The molecule has 0 unspecified atom stereocenters. The predicted octanol–water partition coefficient (Wildman–Crippen LogP) is 1.33. The Morgan fingerprint density at radius 2 is 1.79 bits per heavy atom. The molecule has 4 heteroatoms.